The molecular formula is C25H28F2N4OS. The van der Waals surface area contributed by atoms with Crippen LogP contribution in [0.5, 0.6) is 0 Å². The molecule has 1 N–H and O–H groups in total. The van der Waals surface area contributed by atoms with Gasteiger partial charge in [0.25, 0.3) is 0 Å². The third-order valence-corrected chi connectivity index (χ3v) is 7.98. The lowest BCUT2D eigenvalue weighted by molar-refractivity contribution is 0.0131. The van der Waals surface area contributed by atoms with Crippen LogP contribution in [0.25, 0.3) is 6.08 Å². The zero-order valence-corrected chi connectivity index (χ0v) is 19.3. The Hall–Kier alpha value is -2.58. The predicted molar refractivity (Wildman–Crippen MR) is 126 cm³/mol. The molecule has 5 nitrogen and oxygen atoms in total. The molecular weight excluding hydrogens is 442 g/mol. The maximum Gasteiger partial charge on any atom is 0.137 e. The summed E-state index contributed by atoms with van der Waals surface area (Å²) in [6, 6.07) is 7.32. The first-order valence-electron chi connectivity index (χ1n) is 11.2. The van der Waals surface area contributed by atoms with E-state index in [2.05, 4.69) is 27.2 Å². The number of aliphatic hydroxyl groups is 1. The Morgan fingerprint density at radius 1 is 1.15 bits per heavy atom. The summed E-state index contributed by atoms with van der Waals surface area (Å²) >= 11 is 1.67. The zero-order chi connectivity index (χ0) is 23.3. The van der Waals surface area contributed by atoms with Crippen LogP contribution in [0.1, 0.15) is 43.7 Å². The number of halogens is 2. The SMILES string of the molecule is CC(SC1CCC(/C=C/c2ccncc2)CC1)C(O)(Cn1cncn1)c1ccc(F)cc1F. The van der Waals surface area contributed by atoms with E-state index in [1.807, 2.05) is 19.1 Å². The Morgan fingerprint density at radius 2 is 1.91 bits per heavy atom. The fourth-order valence-corrected chi connectivity index (χ4v) is 5.92. The molecule has 3 aromatic rings. The number of benzene rings is 1. The second kappa shape index (κ2) is 10.6. The minimum absolute atomic E-state index is 0.0355. The Balaban J connectivity index is 1.43. The molecule has 0 bridgehead atoms. The van der Waals surface area contributed by atoms with Gasteiger partial charge in [-0.1, -0.05) is 25.1 Å². The van der Waals surface area contributed by atoms with E-state index in [1.165, 1.54) is 29.5 Å². The van der Waals surface area contributed by atoms with Crippen LogP contribution in [0.15, 0.2) is 61.5 Å². The summed E-state index contributed by atoms with van der Waals surface area (Å²) in [6.45, 7) is 1.94. The largest absolute Gasteiger partial charge is 0.382 e. The van der Waals surface area contributed by atoms with E-state index in [0.717, 1.165) is 37.3 Å². The van der Waals surface area contributed by atoms with Crippen molar-refractivity contribution < 1.29 is 13.9 Å². The minimum Gasteiger partial charge on any atom is -0.382 e. The van der Waals surface area contributed by atoms with Gasteiger partial charge in [-0.2, -0.15) is 16.9 Å². The van der Waals surface area contributed by atoms with Gasteiger partial charge in [-0.05, 0) is 55.4 Å². The van der Waals surface area contributed by atoms with Crippen molar-refractivity contribution >= 4 is 17.8 Å². The van der Waals surface area contributed by atoms with Gasteiger partial charge in [0, 0.05) is 34.5 Å². The molecule has 33 heavy (non-hydrogen) atoms. The Kier molecular flexibility index (Phi) is 7.55. The molecule has 8 heteroatoms. The molecule has 1 saturated carbocycles. The maximum absolute atomic E-state index is 14.7. The first-order chi connectivity index (χ1) is 15.9. The van der Waals surface area contributed by atoms with Crippen LogP contribution in [0.3, 0.4) is 0 Å². The molecule has 1 aromatic carbocycles. The van der Waals surface area contributed by atoms with Crippen LogP contribution >= 0.6 is 11.8 Å². The second-order valence-corrected chi connectivity index (χ2v) is 10.2. The Bertz CT molecular complexity index is 1060. The van der Waals surface area contributed by atoms with E-state index in [-0.39, 0.29) is 17.4 Å². The summed E-state index contributed by atoms with van der Waals surface area (Å²) in [6.07, 6.45) is 15.0. The quantitative estimate of drug-likeness (QED) is 0.488. The number of nitrogens with zero attached hydrogens (tertiary/aromatic N) is 4. The number of thioether (sulfide) groups is 1. The van der Waals surface area contributed by atoms with Crippen molar-refractivity contribution in [2.75, 3.05) is 0 Å². The van der Waals surface area contributed by atoms with Crippen molar-refractivity contribution in [1.82, 2.24) is 19.7 Å². The van der Waals surface area contributed by atoms with E-state index in [9.17, 15) is 13.9 Å². The van der Waals surface area contributed by atoms with Crippen LogP contribution in [0.4, 0.5) is 8.78 Å². The van der Waals surface area contributed by atoms with Crippen molar-refractivity contribution in [3.05, 3.63) is 84.2 Å². The topological polar surface area (TPSA) is 63.8 Å². The highest BCUT2D eigenvalue weighted by Crippen LogP contribution is 2.42. The molecule has 0 aliphatic heterocycles. The average molecular weight is 471 g/mol. The van der Waals surface area contributed by atoms with Gasteiger partial charge in [-0.15, -0.1) is 0 Å². The molecule has 0 saturated heterocycles. The standard InChI is InChI=1S/C25H28F2N4OS/c1-18(33-22-7-4-19(5-8-22)2-3-20-10-12-28-13-11-20)25(32,15-31-17-29-16-30-31)23-9-6-21(26)14-24(23)27/h2-3,6,9-14,16-19,22,32H,4-5,7-8,15H2,1H3/b3-2+. The Morgan fingerprint density at radius 3 is 2.58 bits per heavy atom. The predicted octanol–water partition coefficient (Wildman–Crippen LogP) is 5.23. The molecule has 1 aliphatic carbocycles. The number of rotatable bonds is 8. The highest BCUT2D eigenvalue weighted by molar-refractivity contribution is 8.00. The fraction of sp³-hybridized carbons (Fsp3) is 0.400. The second-order valence-electron chi connectivity index (χ2n) is 8.60. The van der Waals surface area contributed by atoms with Crippen molar-refractivity contribution in [2.24, 2.45) is 5.92 Å². The van der Waals surface area contributed by atoms with E-state index in [4.69, 9.17) is 0 Å². The molecule has 2 atom stereocenters. The van der Waals surface area contributed by atoms with Gasteiger partial charge in [0.2, 0.25) is 0 Å². The lowest BCUT2D eigenvalue weighted by atomic mass is 9.88. The molecule has 1 aliphatic rings. The van der Waals surface area contributed by atoms with Crippen LogP contribution in [0, 0.1) is 17.6 Å². The van der Waals surface area contributed by atoms with Crippen molar-refractivity contribution in [1.29, 1.82) is 0 Å². The molecule has 174 valence electrons. The lowest BCUT2D eigenvalue weighted by Crippen LogP contribution is -2.42. The molecule has 0 spiro atoms. The third kappa shape index (κ3) is 5.86. The summed E-state index contributed by atoms with van der Waals surface area (Å²) in [5.74, 6) is -0.901. The smallest absolute Gasteiger partial charge is 0.137 e. The lowest BCUT2D eigenvalue weighted by Gasteiger charge is -2.37. The van der Waals surface area contributed by atoms with Gasteiger partial charge in [0.05, 0.1) is 6.54 Å². The highest BCUT2D eigenvalue weighted by Gasteiger charge is 2.41. The van der Waals surface area contributed by atoms with E-state index in [1.54, 1.807) is 24.2 Å². The molecule has 0 amide bonds. The molecule has 2 unspecified atom stereocenters. The monoisotopic (exact) mass is 470 g/mol. The molecule has 2 aromatic heterocycles. The van der Waals surface area contributed by atoms with Gasteiger partial charge < -0.3 is 5.11 Å². The summed E-state index contributed by atoms with van der Waals surface area (Å²) in [5.41, 5.74) is -0.336. The van der Waals surface area contributed by atoms with Crippen molar-refractivity contribution in [3.8, 4) is 0 Å². The summed E-state index contributed by atoms with van der Waals surface area (Å²) in [7, 11) is 0. The molecule has 4 rings (SSSR count). The van der Waals surface area contributed by atoms with E-state index >= 15 is 0 Å². The fourth-order valence-electron chi connectivity index (χ4n) is 4.37. The maximum atomic E-state index is 14.7. The average Bonchev–Trinajstić information content (AvgIpc) is 3.32. The van der Waals surface area contributed by atoms with Gasteiger partial charge in [0.15, 0.2) is 0 Å². The van der Waals surface area contributed by atoms with E-state index < -0.39 is 17.2 Å². The van der Waals surface area contributed by atoms with Gasteiger partial charge in [-0.3, -0.25) is 4.98 Å². The molecule has 0 radical (unpaired) electrons. The minimum atomic E-state index is -1.56. The number of aromatic nitrogens is 4. The summed E-state index contributed by atoms with van der Waals surface area (Å²) in [5, 5.41) is 15.8. The normalized spacial score (nSPS) is 21.7. The number of hydrogen-bond acceptors (Lipinski definition) is 5. The number of allylic oxidation sites excluding steroid dienone is 1. The van der Waals surface area contributed by atoms with Gasteiger partial charge in [0.1, 0.15) is 29.9 Å². The molecule has 2 heterocycles. The highest BCUT2D eigenvalue weighted by atomic mass is 32.2. The number of hydrogen-bond donors (Lipinski definition) is 1. The Labute approximate surface area is 197 Å². The van der Waals surface area contributed by atoms with Crippen LogP contribution in [-0.2, 0) is 12.1 Å². The van der Waals surface area contributed by atoms with Gasteiger partial charge >= 0.3 is 0 Å². The van der Waals surface area contributed by atoms with Gasteiger partial charge in [-0.25, -0.2) is 18.4 Å². The van der Waals surface area contributed by atoms with Crippen LogP contribution < -0.4 is 0 Å². The van der Waals surface area contributed by atoms with E-state index in [0.29, 0.717) is 11.2 Å². The van der Waals surface area contributed by atoms with Crippen molar-refractivity contribution in [3.63, 3.8) is 0 Å². The number of pyridine rings is 1. The van der Waals surface area contributed by atoms with Crippen LogP contribution in [0.2, 0.25) is 0 Å². The third-order valence-electron chi connectivity index (χ3n) is 6.32. The van der Waals surface area contributed by atoms with Crippen molar-refractivity contribution in [2.45, 2.75) is 55.3 Å². The summed E-state index contributed by atoms with van der Waals surface area (Å²) in [4.78, 5) is 7.97. The zero-order valence-electron chi connectivity index (χ0n) is 18.5. The first-order valence-corrected chi connectivity index (χ1v) is 12.1. The first kappa shape index (κ1) is 23.6. The molecule has 1 fully saturated rings. The van der Waals surface area contributed by atoms with Crippen LogP contribution in [-0.4, -0.2) is 35.4 Å². The summed E-state index contributed by atoms with van der Waals surface area (Å²) < 4.78 is 29.7.